The van der Waals surface area contributed by atoms with E-state index in [9.17, 15) is 24.7 Å². The number of imidazole rings is 1. The third-order valence-corrected chi connectivity index (χ3v) is 7.73. The number of carbonyl (C=O) groups is 1. The molecule has 35 heavy (non-hydrogen) atoms. The van der Waals surface area contributed by atoms with Crippen LogP contribution in [0.5, 0.6) is 11.6 Å². The van der Waals surface area contributed by atoms with Crippen molar-refractivity contribution in [3.8, 4) is 11.6 Å². The predicted octanol–water partition coefficient (Wildman–Crippen LogP) is 3.04. The number of nitrogens with zero attached hydrogens (tertiary/aromatic N) is 2. The minimum atomic E-state index is -4.20. The highest BCUT2D eigenvalue weighted by Crippen LogP contribution is 2.50. The van der Waals surface area contributed by atoms with Crippen LogP contribution in [0.15, 0.2) is 36.7 Å². The largest absolute Gasteiger partial charge is 0.530 e. The molecule has 1 unspecified atom stereocenters. The molecular weight excluding hydrogens is 499 g/mol. The van der Waals surface area contributed by atoms with E-state index in [-0.39, 0.29) is 29.1 Å². The van der Waals surface area contributed by atoms with Crippen molar-refractivity contribution in [3.05, 3.63) is 42.4 Å². The fourth-order valence-electron chi connectivity index (χ4n) is 3.10. The van der Waals surface area contributed by atoms with Crippen molar-refractivity contribution in [2.45, 2.75) is 52.2 Å². The topological polar surface area (TPSA) is 150 Å². The summed E-state index contributed by atoms with van der Waals surface area (Å²) in [6.45, 7) is 6.44. The van der Waals surface area contributed by atoms with Crippen molar-refractivity contribution in [1.82, 2.24) is 9.55 Å². The highest BCUT2D eigenvalue weighted by Gasteiger charge is 2.46. The van der Waals surface area contributed by atoms with Crippen LogP contribution in [0.25, 0.3) is 0 Å². The summed E-state index contributed by atoms with van der Waals surface area (Å²) in [4.78, 5) is 16.0. The van der Waals surface area contributed by atoms with Gasteiger partial charge in [0.2, 0.25) is 5.88 Å². The molecule has 0 bridgehead atoms. The SMILES string of the molecule is Cc1ncn([C@@H]2O[C@H](COP(=O)(OCCSC(=O)C(C)(C)C)Oc3ccccc3)[C@@H](O)[C@H]2O)c1O. The third-order valence-electron chi connectivity index (χ3n) is 5.09. The predicted molar refractivity (Wildman–Crippen MR) is 128 cm³/mol. The van der Waals surface area contributed by atoms with Crippen LogP contribution < -0.4 is 4.52 Å². The quantitative estimate of drug-likeness (QED) is 0.307. The summed E-state index contributed by atoms with van der Waals surface area (Å²) >= 11 is 1.05. The number of thioether (sulfide) groups is 1. The van der Waals surface area contributed by atoms with E-state index in [1.807, 2.05) is 0 Å². The molecule has 0 aliphatic carbocycles. The molecule has 1 aliphatic heterocycles. The Balaban J connectivity index is 1.65. The first-order valence-electron chi connectivity index (χ1n) is 11.0. The zero-order valence-corrected chi connectivity index (χ0v) is 21.6. The summed E-state index contributed by atoms with van der Waals surface area (Å²) in [6.07, 6.45) is -3.77. The number of rotatable bonds is 10. The van der Waals surface area contributed by atoms with Crippen LogP contribution in [0.4, 0.5) is 0 Å². The molecule has 5 atom stereocenters. The molecule has 11 nitrogen and oxygen atoms in total. The molecule has 0 saturated carbocycles. The lowest BCUT2D eigenvalue weighted by atomic mass is 10.00. The number of hydrogen-bond donors (Lipinski definition) is 3. The van der Waals surface area contributed by atoms with Crippen LogP contribution >= 0.6 is 19.6 Å². The second kappa shape index (κ2) is 11.4. The van der Waals surface area contributed by atoms with Gasteiger partial charge in [-0.3, -0.25) is 18.4 Å². The molecule has 3 N–H and O–H groups in total. The minimum Gasteiger partial charge on any atom is -0.493 e. The van der Waals surface area contributed by atoms with Gasteiger partial charge in [-0.25, -0.2) is 9.55 Å². The van der Waals surface area contributed by atoms with Gasteiger partial charge < -0.3 is 24.6 Å². The van der Waals surface area contributed by atoms with E-state index in [1.54, 1.807) is 58.0 Å². The average Bonchev–Trinajstić information content (AvgIpc) is 3.28. The van der Waals surface area contributed by atoms with Gasteiger partial charge in [0.1, 0.15) is 30.4 Å². The number of aliphatic hydroxyl groups excluding tert-OH is 2. The Morgan fingerprint density at radius 2 is 1.89 bits per heavy atom. The van der Waals surface area contributed by atoms with E-state index in [2.05, 4.69) is 4.98 Å². The molecule has 0 spiro atoms. The van der Waals surface area contributed by atoms with E-state index in [4.69, 9.17) is 18.3 Å². The molecule has 2 aromatic rings. The first-order chi connectivity index (χ1) is 16.4. The van der Waals surface area contributed by atoms with Crippen molar-refractivity contribution in [3.63, 3.8) is 0 Å². The number of hydrogen-bond acceptors (Lipinski definition) is 11. The monoisotopic (exact) mass is 530 g/mol. The molecule has 13 heteroatoms. The number of aromatic nitrogens is 2. The van der Waals surface area contributed by atoms with E-state index in [0.717, 1.165) is 11.8 Å². The summed E-state index contributed by atoms with van der Waals surface area (Å²) in [6, 6.07) is 8.26. The van der Waals surface area contributed by atoms with Gasteiger partial charge in [0.15, 0.2) is 11.3 Å². The van der Waals surface area contributed by atoms with E-state index < -0.39 is 44.4 Å². The van der Waals surface area contributed by atoms with Crippen LogP contribution in [-0.4, -0.2) is 67.3 Å². The molecule has 0 radical (unpaired) electrons. The number of ether oxygens (including phenoxy) is 1. The van der Waals surface area contributed by atoms with Crippen molar-refractivity contribution in [1.29, 1.82) is 0 Å². The maximum Gasteiger partial charge on any atom is 0.530 e. The summed E-state index contributed by atoms with van der Waals surface area (Å²) in [5, 5.41) is 30.9. The zero-order chi connectivity index (χ0) is 25.8. The number of phosphoric acid groups is 1. The number of carbonyl (C=O) groups excluding carboxylic acids is 1. The Morgan fingerprint density at radius 3 is 2.49 bits per heavy atom. The Hall–Kier alpha value is -1.92. The number of para-hydroxylation sites is 1. The molecule has 1 saturated heterocycles. The van der Waals surface area contributed by atoms with Crippen molar-refractivity contribution in [2.75, 3.05) is 19.0 Å². The highest BCUT2D eigenvalue weighted by molar-refractivity contribution is 8.13. The van der Waals surface area contributed by atoms with Gasteiger partial charge in [-0.05, 0) is 19.1 Å². The fourth-order valence-corrected chi connectivity index (χ4v) is 5.21. The van der Waals surface area contributed by atoms with Crippen molar-refractivity contribution in [2.24, 2.45) is 5.41 Å². The molecule has 0 amide bonds. The van der Waals surface area contributed by atoms with Crippen molar-refractivity contribution < 1.29 is 43.0 Å². The molecule has 1 fully saturated rings. The van der Waals surface area contributed by atoms with Gasteiger partial charge in [-0.15, -0.1) is 0 Å². The molecule has 3 rings (SSSR count). The summed E-state index contributed by atoms with van der Waals surface area (Å²) < 4.78 is 36.6. The minimum absolute atomic E-state index is 0.0404. The van der Waals surface area contributed by atoms with Crippen LogP contribution in [-0.2, 0) is 23.1 Å². The second-order valence-corrected chi connectivity index (χ2v) is 11.6. The lowest BCUT2D eigenvalue weighted by Crippen LogP contribution is -2.33. The normalized spacial score (nSPS) is 24.3. The molecule has 1 aliphatic rings. The lowest BCUT2D eigenvalue weighted by Gasteiger charge is -2.21. The lowest BCUT2D eigenvalue weighted by molar-refractivity contribution is -0.117. The summed E-state index contributed by atoms with van der Waals surface area (Å²) in [5.74, 6) is 0.245. The van der Waals surface area contributed by atoms with Gasteiger partial charge in [-0.2, -0.15) is 0 Å². The maximum atomic E-state index is 13.4. The van der Waals surface area contributed by atoms with Crippen LogP contribution in [0.1, 0.15) is 32.7 Å². The standard InChI is InChI=1S/C22H31N2O9PS/c1-14-19(27)24(13-23-14)20-18(26)17(25)16(32-20)12-31-34(29,33-15-8-6-5-7-9-15)30-10-11-35-21(28)22(2,3)4/h5-9,13,16-18,20,25-27H,10-12H2,1-4H3/t16-,17-,18-,20-,34?/m1/s1. The highest BCUT2D eigenvalue weighted by atomic mass is 32.2. The van der Waals surface area contributed by atoms with Gasteiger partial charge in [-0.1, -0.05) is 50.7 Å². The average molecular weight is 531 g/mol. The molecule has 2 heterocycles. The van der Waals surface area contributed by atoms with Crippen LogP contribution in [0.2, 0.25) is 0 Å². The van der Waals surface area contributed by atoms with Gasteiger partial charge in [0, 0.05) is 11.2 Å². The number of aromatic hydroxyl groups is 1. The van der Waals surface area contributed by atoms with E-state index in [1.165, 1.54) is 10.9 Å². The van der Waals surface area contributed by atoms with E-state index >= 15 is 0 Å². The van der Waals surface area contributed by atoms with Gasteiger partial charge >= 0.3 is 7.82 Å². The molecule has 1 aromatic carbocycles. The number of phosphoric ester groups is 1. The van der Waals surface area contributed by atoms with E-state index in [0.29, 0.717) is 5.69 Å². The van der Waals surface area contributed by atoms with Gasteiger partial charge in [0.25, 0.3) is 0 Å². The Bertz CT molecular complexity index is 1040. The fraction of sp³-hybridized carbons (Fsp3) is 0.545. The third kappa shape index (κ3) is 7.07. The first kappa shape index (κ1) is 27.7. The Kier molecular flexibility index (Phi) is 9.03. The maximum absolute atomic E-state index is 13.4. The summed E-state index contributed by atoms with van der Waals surface area (Å²) in [7, 11) is -4.20. The van der Waals surface area contributed by atoms with Crippen molar-refractivity contribution >= 4 is 24.7 Å². The van der Waals surface area contributed by atoms with Crippen LogP contribution in [0.3, 0.4) is 0 Å². The number of benzene rings is 1. The number of aliphatic hydroxyl groups is 2. The summed E-state index contributed by atoms with van der Waals surface area (Å²) in [5.41, 5.74) is -0.201. The first-order valence-corrected chi connectivity index (χ1v) is 13.4. The zero-order valence-electron chi connectivity index (χ0n) is 19.9. The van der Waals surface area contributed by atoms with Crippen LogP contribution in [0, 0.1) is 12.3 Å². The molecule has 194 valence electrons. The Morgan fingerprint density at radius 1 is 1.20 bits per heavy atom. The van der Waals surface area contributed by atoms with Gasteiger partial charge in [0.05, 0.1) is 18.9 Å². The molecule has 1 aromatic heterocycles. The Labute approximate surface area is 208 Å². The smallest absolute Gasteiger partial charge is 0.493 e. The second-order valence-electron chi connectivity index (χ2n) is 8.97. The number of aryl methyl sites for hydroxylation is 1. The molecular formula is C22H31N2O9PS.